The van der Waals surface area contributed by atoms with Crippen molar-refractivity contribution >= 4 is 0 Å². The van der Waals surface area contributed by atoms with Crippen LogP contribution in [0.3, 0.4) is 0 Å². The summed E-state index contributed by atoms with van der Waals surface area (Å²) in [5, 5.41) is 0. The van der Waals surface area contributed by atoms with E-state index in [9.17, 15) is 0 Å². The Kier molecular flexibility index (Phi) is 5.29. The summed E-state index contributed by atoms with van der Waals surface area (Å²) in [6.45, 7) is 9.69. The second-order valence-corrected chi connectivity index (χ2v) is 4.31. The van der Waals surface area contributed by atoms with Gasteiger partial charge in [0.1, 0.15) is 0 Å². The van der Waals surface area contributed by atoms with Gasteiger partial charge in [-0.1, -0.05) is 6.08 Å². The Balaban J connectivity index is 1.95. The van der Waals surface area contributed by atoms with Gasteiger partial charge in [0, 0.05) is 6.61 Å². The number of ether oxygens (including phenoxy) is 3. The molecule has 1 aliphatic rings. The molecule has 1 atom stereocenters. The molecule has 0 aromatic rings. The van der Waals surface area contributed by atoms with Crippen LogP contribution in [0.25, 0.3) is 0 Å². The van der Waals surface area contributed by atoms with E-state index in [0.717, 1.165) is 32.5 Å². The van der Waals surface area contributed by atoms with Crippen molar-refractivity contribution in [1.82, 2.24) is 0 Å². The van der Waals surface area contributed by atoms with Gasteiger partial charge in [0.25, 0.3) is 0 Å². The average Bonchev–Trinajstić information content (AvgIpc) is 2.52. The van der Waals surface area contributed by atoms with E-state index in [1.54, 1.807) is 6.08 Å². The summed E-state index contributed by atoms with van der Waals surface area (Å²) in [6, 6.07) is 0. The molecule has 0 amide bonds. The van der Waals surface area contributed by atoms with Gasteiger partial charge in [0.2, 0.25) is 0 Å². The van der Waals surface area contributed by atoms with E-state index in [1.807, 2.05) is 13.8 Å². The zero-order chi connectivity index (χ0) is 11.1. The molecule has 15 heavy (non-hydrogen) atoms. The van der Waals surface area contributed by atoms with E-state index in [-0.39, 0.29) is 11.9 Å². The first kappa shape index (κ1) is 12.7. The number of hydrogen-bond donors (Lipinski definition) is 0. The van der Waals surface area contributed by atoms with Crippen LogP contribution >= 0.6 is 0 Å². The molecule has 1 heterocycles. The van der Waals surface area contributed by atoms with Gasteiger partial charge in [-0.3, -0.25) is 0 Å². The van der Waals surface area contributed by atoms with Crippen LogP contribution < -0.4 is 0 Å². The molecule has 88 valence electrons. The fourth-order valence-electron chi connectivity index (χ4n) is 1.65. The van der Waals surface area contributed by atoms with Crippen molar-refractivity contribution in [3.8, 4) is 0 Å². The van der Waals surface area contributed by atoms with Crippen LogP contribution in [-0.2, 0) is 14.2 Å². The van der Waals surface area contributed by atoms with Crippen molar-refractivity contribution in [1.29, 1.82) is 0 Å². The normalized spacial score (nSPS) is 24.3. The zero-order valence-corrected chi connectivity index (χ0v) is 9.83. The average molecular weight is 214 g/mol. The number of hydrogen-bond acceptors (Lipinski definition) is 3. The van der Waals surface area contributed by atoms with Crippen LogP contribution in [0, 0.1) is 0 Å². The van der Waals surface area contributed by atoms with E-state index in [2.05, 4.69) is 6.58 Å². The fourth-order valence-corrected chi connectivity index (χ4v) is 1.65. The molecule has 1 unspecified atom stereocenters. The van der Waals surface area contributed by atoms with E-state index in [4.69, 9.17) is 14.2 Å². The maximum atomic E-state index is 5.70. The smallest absolute Gasteiger partial charge is 0.163 e. The molecule has 0 aromatic heterocycles. The minimum atomic E-state index is -0.385. The quantitative estimate of drug-likeness (QED) is 0.481. The monoisotopic (exact) mass is 214 g/mol. The lowest BCUT2D eigenvalue weighted by molar-refractivity contribution is -0.139. The molecule has 0 N–H and O–H groups in total. The molecule has 3 nitrogen and oxygen atoms in total. The largest absolute Gasteiger partial charge is 0.377 e. The Labute approximate surface area is 92.4 Å². The molecular weight excluding hydrogens is 192 g/mol. The molecule has 1 rings (SSSR count). The summed E-state index contributed by atoms with van der Waals surface area (Å²) < 4.78 is 16.5. The summed E-state index contributed by atoms with van der Waals surface area (Å²) in [5.74, 6) is -0.385. The van der Waals surface area contributed by atoms with Crippen molar-refractivity contribution < 1.29 is 14.2 Å². The van der Waals surface area contributed by atoms with E-state index < -0.39 is 0 Å². The van der Waals surface area contributed by atoms with Gasteiger partial charge in [0.15, 0.2) is 5.79 Å². The van der Waals surface area contributed by atoms with Crippen LogP contribution in [0.15, 0.2) is 12.7 Å². The van der Waals surface area contributed by atoms with E-state index in [1.165, 1.54) is 0 Å². The van der Waals surface area contributed by atoms with Crippen LogP contribution in [-0.4, -0.2) is 31.7 Å². The molecule has 3 heteroatoms. The summed E-state index contributed by atoms with van der Waals surface area (Å²) in [7, 11) is 0. The fraction of sp³-hybridized carbons (Fsp3) is 0.833. The highest BCUT2D eigenvalue weighted by Crippen LogP contribution is 2.24. The molecular formula is C12H22O3. The van der Waals surface area contributed by atoms with Crippen LogP contribution in [0.5, 0.6) is 0 Å². The first-order valence-corrected chi connectivity index (χ1v) is 5.64. The Morgan fingerprint density at radius 1 is 1.47 bits per heavy atom. The minimum absolute atomic E-state index is 0.263. The Hall–Kier alpha value is -0.380. The van der Waals surface area contributed by atoms with Gasteiger partial charge in [-0.15, -0.1) is 6.58 Å². The van der Waals surface area contributed by atoms with Gasteiger partial charge in [0.05, 0.1) is 19.3 Å². The predicted octanol–water partition coefficient (Wildman–Crippen LogP) is 2.51. The van der Waals surface area contributed by atoms with Crippen molar-refractivity contribution in [2.75, 3.05) is 19.8 Å². The third-order valence-electron chi connectivity index (χ3n) is 2.37. The lowest BCUT2D eigenvalue weighted by Crippen LogP contribution is -2.21. The standard InChI is InChI=1S/C12H22O3/c1-4-8-13-9-6-5-7-11-10-14-12(2,3)15-11/h4,11H,1,5-10H2,2-3H3. The summed E-state index contributed by atoms with van der Waals surface area (Å²) in [5.41, 5.74) is 0. The number of rotatable bonds is 7. The molecule has 1 fully saturated rings. The van der Waals surface area contributed by atoms with Crippen molar-refractivity contribution in [3.05, 3.63) is 12.7 Å². The zero-order valence-electron chi connectivity index (χ0n) is 9.83. The first-order valence-electron chi connectivity index (χ1n) is 5.64. The molecule has 1 aliphatic heterocycles. The molecule has 0 saturated carbocycles. The minimum Gasteiger partial charge on any atom is -0.377 e. The summed E-state index contributed by atoms with van der Waals surface area (Å²) >= 11 is 0. The molecule has 0 bridgehead atoms. The third-order valence-corrected chi connectivity index (χ3v) is 2.37. The lowest BCUT2D eigenvalue weighted by Gasteiger charge is -2.16. The van der Waals surface area contributed by atoms with Gasteiger partial charge < -0.3 is 14.2 Å². The highest BCUT2D eigenvalue weighted by Gasteiger charge is 2.31. The highest BCUT2D eigenvalue weighted by atomic mass is 16.7. The second kappa shape index (κ2) is 6.26. The second-order valence-electron chi connectivity index (χ2n) is 4.31. The van der Waals surface area contributed by atoms with Crippen molar-refractivity contribution in [3.63, 3.8) is 0 Å². The van der Waals surface area contributed by atoms with Gasteiger partial charge in [-0.25, -0.2) is 0 Å². The SMILES string of the molecule is C=CCOCCCCC1COC(C)(C)O1. The molecule has 1 saturated heterocycles. The van der Waals surface area contributed by atoms with Crippen LogP contribution in [0.2, 0.25) is 0 Å². The van der Waals surface area contributed by atoms with Crippen LogP contribution in [0.1, 0.15) is 33.1 Å². The Morgan fingerprint density at radius 3 is 2.87 bits per heavy atom. The number of unbranched alkanes of at least 4 members (excludes halogenated alkanes) is 1. The van der Waals surface area contributed by atoms with Gasteiger partial charge in [-0.2, -0.15) is 0 Å². The predicted molar refractivity (Wildman–Crippen MR) is 59.8 cm³/mol. The third kappa shape index (κ3) is 5.30. The Bertz CT molecular complexity index is 189. The molecule has 0 spiro atoms. The van der Waals surface area contributed by atoms with E-state index >= 15 is 0 Å². The molecule has 0 aromatic carbocycles. The van der Waals surface area contributed by atoms with Crippen molar-refractivity contribution in [2.24, 2.45) is 0 Å². The maximum absolute atomic E-state index is 5.70. The molecule has 0 aliphatic carbocycles. The summed E-state index contributed by atoms with van der Waals surface area (Å²) in [4.78, 5) is 0. The summed E-state index contributed by atoms with van der Waals surface area (Å²) in [6.07, 6.45) is 5.30. The van der Waals surface area contributed by atoms with Crippen molar-refractivity contribution in [2.45, 2.75) is 45.0 Å². The van der Waals surface area contributed by atoms with Crippen LogP contribution in [0.4, 0.5) is 0 Å². The van der Waals surface area contributed by atoms with E-state index in [0.29, 0.717) is 6.61 Å². The highest BCUT2D eigenvalue weighted by molar-refractivity contribution is 4.70. The lowest BCUT2D eigenvalue weighted by atomic mass is 10.2. The molecule has 0 radical (unpaired) electrons. The maximum Gasteiger partial charge on any atom is 0.163 e. The topological polar surface area (TPSA) is 27.7 Å². The van der Waals surface area contributed by atoms with Gasteiger partial charge >= 0.3 is 0 Å². The Morgan fingerprint density at radius 2 is 2.27 bits per heavy atom. The first-order chi connectivity index (χ1) is 7.14. The van der Waals surface area contributed by atoms with Gasteiger partial charge in [-0.05, 0) is 33.1 Å².